The first-order valence-corrected chi connectivity index (χ1v) is 6.18. The summed E-state index contributed by atoms with van der Waals surface area (Å²) in [5, 5.41) is 2.96. The Labute approximate surface area is 115 Å². The Hall–Kier alpha value is -1.86. The highest BCUT2D eigenvalue weighted by Crippen LogP contribution is 2.18. The summed E-state index contributed by atoms with van der Waals surface area (Å²) >= 11 is 5.98. The highest BCUT2D eigenvalue weighted by molar-refractivity contribution is 6.33. The number of amides is 2. The van der Waals surface area contributed by atoms with Crippen LogP contribution in [0.3, 0.4) is 0 Å². The van der Waals surface area contributed by atoms with Gasteiger partial charge >= 0.3 is 0 Å². The molecule has 0 aliphatic carbocycles. The van der Waals surface area contributed by atoms with Crippen molar-refractivity contribution in [2.45, 2.75) is 6.42 Å². The molecule has 0 unspecified atom stereocenters. The van der Waals surface area contributed by atoms with Crippen LogP contribution in [-0.2, 0) is 4.79 Å². The second-order valence-electron chi connectivity index (χ2n) is 4.06. The number of hydrogen-bond acceptors (Lipinski definition) is 5. The molecule has 2 heterocycles. The van der Waals surface area contributed by atoms with Crippen molar-refractivity contribution in [2.75, 3.05) is 25.1 Å². The summed E-state index contributed by atoms with van der Waals surface area (Å²) in [6.45, 7) is 1.21. The predicted molar refractivity (Wildman–Crippen MR) is 70.6 cm³/mol. The van der Waals surface area contributed by atoms with Crippen LogP contribution < -0.4 is 16.6 Å². The molecule has 1 aliphatic rings. The number of anilines is 1. The summed E-state index contributed by atoms with van der Waals surface area (Å²) in [5.41, 5.74) is 2.50. The Morgan fingerprint density at radius 1 is 1.47 bits per heavy atom. The van der Waals surface area contributed by atoms with Crippen LogP contribution in [-0.4, -0.2) is 41.3 Å². The molecule has 1 aliphatic heterocycles. The van der Waals surface area contributed by atoms with Crippen LogP contribution in [0.2, 0.25) is 5.02 Å². The molecule has 19 heavy (non-hydrogen) atoms. The summed E-state index contributed by atoms with van der Waals surface area (Å²) in [6.07, 6.45) is 0.276. The van der Waals surface area contributed by atoms with E-state index >= 15 is 0 Å². The first kappa shape index (κ1) is 13.6. The van der Waals surface area contributed by atoms with Crippen LogP contribution in [0.4, 0.5) is 5.82 Å². The smallest absolute Gasteiger partial charge is 0.274 e. The molecule has 0 aromatic carbocycles. The number of rotatable bonds is 2. The zero-order valence-electron chi connectivity index (χ0n) is 10.1. The van der Waals surface area contributed by atoms with Crippen molar-refractivity contribution in [1.82, 2.24) is 15.2 Å². The number of nitrogens with two attached hydrogens (primary N) is 1. The molecular formula is C11H14ClN5O2. The average molecular weight is 284 g/mol. The quantitative estimate of drug-likeness (QED) is 0.523. The van der Waals surface area contributed by atoms with E-state index in [-0.39, 0.29) is 29.0 Å². The fourth-order valence-corrected chi connectivity index (χ4v) is 1.98. The number of hydrazine groups is 1. The largest absolute Gasteiger partial charge is 0.354 e. The van der Waals surface area contributed by atoms with Gasteiger partial charge in [-0.15, -0.1) is 0 Å². The third-order valence-electron chi connectivity index (χ3n) is 2.80. The van der Waals surface area contributed by atoms with Crippen molar-refractivity contribution in [1.29, 1.82) is 0 Å². The average Bonchev–Trinajstić information content (AvgIpc) is 2.63. The number of carbonyl (C=O) groups is 2. The van der Waals surface area contributed by atoms with Crippen molar-refractivity contribution >= 4 is 29.2 Å². The lowest BCUT2D eigenvalue weighted by atomic mass is 10.3. The summed E-state index contributed by atoms with van der Waals surface area (Å²) < 4.78 is 0. The lowest BCUT2D eigenvalue weighted by Crippen LogP contribution is -2.35. The minimum absolute atomic E-state index is 0.0632. The van der Waals surface area contributed by atoms with Crippen LogP contribution >= 0.6 is 11.6 Å². The van der Waals surface area contributed by atoms with Crippen molar-refractivity contribution in [3.63, 3.8) is 0 Å². The Bertz CT molecular complexity index is 508. The van der Waals surface area contributed by atoms with Gasteiger partial charge in [-0.25, -0.2) is 10.8 Å². The molecule has 0 saturated carbocycles. The molecule has 1 fully saturated rings. The molecule has 4 N–H and O–H groups in total. The third-order valence-corrected chi connectivity index (χ3v) is 3.10. The lowest BCUT2D eigenvalue weighted by molar-refractivity contribution is -0.120. The van der Waals surface area contributed by atoms with Crippen molar-refractivity contribution < 1.29 is 9.59 Å². The molecular weight excluding hydrogens is 270 g/mol. The minimum Gasteiger partial charge on any atom is -0.354 e. The first-order chi connectivity index (χ1) is 9.11. The molecule has 8 heteroatoms. The van der Waals surface area contributed by atoms with Gasteiger partial charge in [-0.2, -0.15) is 0 Å². The van der Waals surface area contributed by atoms with E-state index in [0.717, 1.165) is 0 Å². The standard InChI is InChI=1S/C11H14ClN5O2/c12-7-1-2-8(16-13)15-10(7)11(19)17-5-3-9(18)14-4-6-17/h1-2H,3-6,13H2,(H,14,18)(H,15,16). The maximum atomic E-state index is 12.3. The van der Waals surface area contributed by atoms with Gasteiger partial charge in [-0.1, -0.05) is 11.6 Å². The summed E-state index contributed by atoms with van der Waals surface area (Å²) in [7, 11) is 0. The predicted octanol–water partition coefficient (Wildman–Crippen LogP) is -0.0173. The van der Waals surface area contributed by atoms with Gasteiger partial charge < -0.3 is 15.6 Å². The van der Waals surface area contributed by atoms with E-state index in [1.165, 1.54) is 0 Å². The summed E-state index contributed by atoms with van der Waals surface area (Å²) in [4.78, 5) is 29.2. The fourth-order valence-electron chi connectivity index (χ4n) is 1.79. The van der Waals surface area contributed by atoms with Gasteiger partial charge in [0.05, 0.1) is 5.02 Å². The molecule has 0 bridgehead atoms. The Morgan fingerprint density at radius 3 is 3.00 bits per heavy atom. The van der Waals surface area contributed by atoms with E-state index in [1.807, 2.05) is 0 Å². The number of pyridine rings is 1. The van der Waals surface area contributed by atoms with Crippen LogP contribution in [0, 0.1) is 0 Å². The maximum Gasteiger partial charge on any atom is 0.274 e. The monoisotopic (exact) mass is 283 g/mol. The van der Waals surface area contributed by atoms with Crippen LogP contribution in [0.5, 0.6) is 0 Å². The van der Waals surface area contributed by atoms with Gasteiger partial charge in [0.1, 0.15) is 11.5 Å². The van der Waals surface area contributed by atoms with Gasteiger partial charge in [0.2, 0.25) is 5.91 Å². The van der Waals surface area contributed by atoms with Gasteiger partial charge in [0.15, 0.2) is 0 Å². The van der Waals surface area contributed by atoms with Gasteiger partial charge in [-0.3, -0.25) is 9.59 Å². The maximum absolute atomic E-state index is 12.3. The molecule has 7 nitrogen and oxygen atoms in total. The Kier molecular flexibility index (Phi) is 4.18. The fraction of sp³-hybridized carbons (Fsp3) is 0.364. The van der Waals surface area contributed by atoms with E-state index < -0.39 is 0 Å². The summed E-state index contributed by atoms with van der Waals surface area (Å²) in [6, 6.07) is 3.13. The van der Waals surface area contributed by atoms with Gasteiger partial charge in [-0.05, 0) is 12.1 Å². The van der Waals surface area contributed by atoms with Gasteiger partial charge in [0, 0.05) is 26.1 Å². The topological polar surface area (TPSA) is 100 Å². The SMILES string of the molecule is NNc1ccc(Cl)c(C(=O)N2CCNC(=O)CC2)n1. The molecule has 0 spiro atoms. The number of nitrogen functional groups attached to an aromatic ring is 1. The third kappa shape index (κ3) is 3.12. The lowest BCUT2D eigenvalue weighted by Gasteiger charge is -2.19. The van der Waals surface area contributed by atoms with Crippen LogP contribution in [0.1, 0.15) is 16.9 Å². The Morgan fingerprint density at radius 2 is 2.26 bits per heavy atom. The molecule has 0 atom stereocenters. The molecule has 2 amide bonds. The van der Waals surface area contributed by atoms with Crippen LogP contribution in [0.15, 0.2) is 12.1 Å². The van der Waals surface area contributed by atoms with E-state index in [1.54, 1.807) is 17.0 Å². The van der Waals surface area contributed by atoms with E-state index in [9.17, 15) is 9.59 Å². The van der Waals surface area contributed by atoms with E-state index in [0.29, 0.717) is 25.5 Å². The number of halogens is 1. The highest BCUT2D eigenvalue weighted by atomic mass is 35.5. The summed E-state index contributed by atoms with van der Waals surface area (Å²) in [5.74, 6) is 5.24. The van der Waals surface area contributed by atoms with Crippen LogP contribution in [0.25, 0.3) is 0 Å². The zero-order chi connectivity index (χ0) is 13.8. The van der Waals surface area contributed by atoms with E-state index in [2.05, 4.69) is 15.7 Å². The number of nitrogens with one attached hydrogen (secondary N) is 2. The van der Waals surface area contributed by atoms with Crippen molar-refractivity contribution in [3.8, 4) is 0 Å². The zero-order valence-corrected chi connectivity index (χ0v) is 10.9. The number of hydrogen-bond donors (Lipinski definition) is 3. The molecule has 2 rings (SSSR count). The number of aromatic nitrogens is 1. The second kappa shape index (κ2) is 5.85. The number of carbonyl (C=O) groups excluding carboxylic acids is 2. The van der Waals surface area contributed by atoms with Crippen molar-refractivity contribution in [3.05, 3.63) is 22.8 Å². The van der Waals surface area contributed by atoms with Gasteiger partial charge in [0.25, 0.3) is 5.91 Å². The molecule has 102 valence electrons. The first-order valence-electron chi connectivity index (χ1n) is 5.81. The molecule has 1 aromatic heterocycles. The molecule has 1 saturated heterocycles. The minimum atomic E-state index is -0.307. The second-order valence-corrected chi connectivity index (χ2v) is 4.47. The van der Waals surface area contributed by atoms with E-state index in [4.69, 9.17) is 17.4 Å². The molecule has 0 radical (unpaired) electrons. The normalized spacial score (nSPS) is 15.7. The highest BCUT2D eigenvalue weighted by Gasteiger charge is 2.23. The molecule has 1 aromatic rings. The number of nitrogens with zero attached hydrogens (tertiary/aromatic N) is 2. The Balaban J connectivity index is 2.20. The van der Waals surface area contributed by atoms with Crippen molar-refractivity contribution in [2.24, 2.45) is 5.84 Å².